The lowest BCUT2D eigenvalue weighted by atomic mass is 9.69. The second-order valence-electron chi connectivity index (χ2n) is 11.2. The number of nitrogens with one attached hydrogen (secondary N) is 2. The van der Waals surface area contributed by atoms with Gasteiger partial charge in [0.2, 0.25) is 5.75 Å². The molecule has 0 unspecified atom stereocenters. The van der Waals surface area contributed by atoms with Crippen molar-refractivity contribution in [2.45, 2.75) is 63.7 Å². The lowest BCUT2D eigenvalue weighted by Gasteiger charge is -2.37. The molecule has 2 aromatic carbocycles. The number of hydrogen-bond acceptors (Lipinski definition) is 7. The quantitative estimate of drug-likeness (QED) is 0.0937. The molecular formula is C34H45N5O5. The van der Waals surface area contributed by atoms with Gasteiger partial charge in [-0.15, -0.1) is 0 Å². The number of aliphatic imine (C=N–C) groups is 1. The maximum atomic E-state index is 11.3. The van der Waals surface area contributed by atoms with Crippen LogP contribution in [-0.2, 0) is 18.3 Å². The van der Waals surface area contributed by atoms with Crippen molar-refractivity contribution in [2.24, 2.45) is 4.99 Å². The molecule has 2 N–H and O–H groups in total. The molecule has 1 fully saturated rings. The third-order valence-electron chi connectivity index (χ3n) is 8.12. The fourth-order valence-electron chi connectivity index (χ4n) is 5.71. The van der Waals surface area contributed by atoms with Crippen LogP contribution in [0.4, 0.5) is 5.69 Å². The predicted octanol–water partition coefficient (Wildman–Crippen LogP) is 6.02. The van der Waals surface area contributed by atoms with Crippen LogP contribution in [0.25, 0.3) is 0 Å². The van der Waals surface area contributed by atoms with Gasteiger partial charge in [0.15, 0.2) is 17.5 Å². The molecule has 1 heterocycles. The number of benzene rings is 2. The maximum absolute atomic E-state index is 11.3. The smallest absolute Gasteiger partial charge is 0.269 e. The number of guanidine groups is 1. The number of rotatable bonds is 15. The molecule has 0 spiro atoms. The van der Waals surface area contributed by atoms with E-state index in [9.17, 15) is 10.1 Å². The zero-order valence-corrected chi connectivity index (χ0v) is 26.1. The molecule has 1 aliphatic carbocycles. The van der Waals surface area contributed by atoms with Gasteiger partial charge >= 0.3 is 0 Å². The monoisotopic (exact) mass is 603 g/mol. The summed E-state index contributed by atoms with van der Waals surface area (Å²) in [5.41, 5.74) is 3.14. The van der Waals surface area contributed by atoms with Gasteiger partial charge in [0.05, 0.1) is 32.3 Å². The van der Waals surface area contributed by atoms with Gasteiger partial charge in [0.1, 0.15) is 0 Å². The topological polar surface area (TPSA) is 120 Å². The van der Waals surface area contributed by atoms with Crippen molar-refractivity contribution < 1.29 is 19.1 Å². The second kappa shape index (κ2) is 16.5. The summed E-state index contributed by atoms with van der Waals surface area (Å²) in [5.74, 6) is 2.65. The van der Waals surface area contributed by atoms with E-state index >= 15 is 0 Å². The minimum Gasteiger partial charge on any atom is -0.493 e. The molecule has 236 valence electrons. The molecule has 0 bridgehead atoms. The number of nitro groups is 1. The average Bonchev–Trinajstić information content (AvgIpc) is 3.06. The number of hydrogen-bond donors (Lipinski definition) is 2. The summed E-state index contributed by atoms with van der Waals surface area (Å²) in [4.78, 5) is 20.5. The molecule has 0 amide bonds. The van der Waals surface area contributed by atoms with Crippen LogP contribution in [0.1, 0.15) is 62.3 Å². The van der Waals surface area contributed by atoms with Gasteiger partial charge in [-0.1, -0.05) is 44.4 Å². The lowest BCUT2D eigenvalue weighted by molar-refractivity contribution is -0.384. The van der Waals surface area contributed by atoms with Crippen molar-refractivity contribution in [1.29, 1.82) is 0 Å². The molecule has 1 saturated carbocycles. The number of nitro benzene ring substituents is 1. The van der Waals surface area contributed by atoms with Crippen LogP contribution < -0.4 is 24.8 Å². The van der Waals surface area contributed by atoms with E-state index < -0.39 is 0 Å². The van der Waals surface area contributed by atoms with E-state index in [1.54, 1.807) is 32.5 Å². The number of ether oxygens (including phenoxy) is 3. The van der Waals surface area contributed by atoms with Crippen LogP contribution in [-0.4, -0.2) is 56.3 Å². The van der Waals surface area contributed by atoms with Crippen LogP contribution >= 0.6 is 0 Å². The van der Waals surface area contributed by atoms with Crippen molar-refractivity contribution in [3.8, 4) is 17.2 Å². The fraction of sp³-hybridized carbons (Fsp3) is 0.471. The van der Waals surface area contributed by atoms with Crippen molar-refractivity contribution in [2.75, 3.05) is 40.5 Å². The van der Waals surface area contributed by atoms with Crippen LogP contribution in [0, 0.1) is 10.1 Å². The Morgan fingerprint density at radius 3 is 2.25 bits per heavy atom. The van der Waals surface area contributed by atoms with Gasteiger partial charge in [0, 0.05) is 48.9 Å². The Kier molecular flexibility index (Phi) is 12.2. The molecule has 0 atom stereocenters. The minimum absolute atomic E-state index is 0.111. The standard InChI is InChI=1S/C34H45N5O5/c1-4-22-44-32-30(42-2)23-26(24-31(32)43-3)15-20-36-33(37-21-16-28-10-6-9-19-35-28)38-25-34(17-7-5-8-18-34)27-11-13-29(14-12-27)39(40)41/h6,9-14,19,23-24H,4-5,7-8,15-18,20-22,25H2,1-3H3,(H2,36,37,38). The highest BCUT2D eigenvalue weighted by molar-refractivity contribution is 5.80. The molecule has 1 aliphatic rings. The summed E-state index contributed by atoms with van der Waals surface area (Å²) in [6.45, 7) is 4.55. The summed E-state index contributed by atoms with van der Waals surface area (Å²) in [6.07, 6.45) is 9.61. The predicted molar refractivity (Wildman–Crippen MR) is 173 cm³/mol. The molecule has 0 aliphatic heterocycles. The summed E-state index contributed by atoms with van der Waals surface area (Å²) in [6, 6.07) is 17.0. The van der Waals surface area contributed by atoms with Gasteiger partial charge in [-0.3, -0.25) is 20.1 Å². The Hall–Kier alpha value is -4.34. The van der Waals surface area contributed by atoms with E-state index in [1.807, 2.05) is 42.5 Å². The first-order chi connectivity index (χ1) is 21.5. The van der Waals surface area contributed by atoms with E-state index in [1.165, 1.54) is 6.42 Å². The zero-order chi connectivity index (χ0) is 31.2. The summed E-state index contributed by atoms with van der Waals surface area (Å²) >= 11 is 0. The van der Waals surface area contributed by atoms with Crippen LogP contribution in [0.15, 0.2) is 65.8 Å². The van der Waals surface area contributed by atoms with Crippen molar-refractivity contribution >= 4 is 11.6 Å². The first-order valence-electron chi connectivity index (χ1n) is 15.5. The van der Waals surface area contributed by atoms with E-state index in [0.29, 0.717) is 43.5 Å². The van der Waals surface area contributed by atoms with Crippen LogP contribution in [0.3, 0.4) is 0 Å². The normalized spacial score (nSPS) is 14.5. The van der Waals surface area contributed by atoms with Crippen LogP contribution in [0.2, 0.25) is 0 Å². The number of pyridine rings is 1. The molecule has 4 rings (SSSR count). The van der Waals surface area contributed by atoms with E-state index in [4.69, 9.17) is 19.2 Å². The summed E-state index contributed by atoms with van der Waals surface area (Å²) in [5, 5.41) is 18.3. The van der Waals surface area contributed by atoms with Gasteiger partial charge in [-0.25, -0.2) is 0 Å². The van der Waals surface area contributed by atoms with Gasteiger partial charge in [0.25, 0.3) is 5.69 Å². The first-order valence-corrected chi connectivity index (χ1v) is 15.5. The molecule has 0 saturated heterocycles. The number of aromatic nitrogens is 1. The SMILES string of the molecule is CCCOc1c(OC)cc(CCNC(=NCC2(c3ccc([N+](=O)[O-])cc3)CCCCC2)NCCc2ccccn2)cc1OC. The highest BCUT2D eigenvalue weighted by Crippen LogP contribution is 2.41. The average molecular weight is 604 g/mol. The third-order valence-corrected chi connectivity index (χ3v) is 8.12. The maximum Gasteiger partial charge on any atom is 0.269 e. The Balaban J connectivity index is 1.51. The van der Waals surface area contributed by atoms with E-state index in [0.717, 1.165) is 67.7 Å². The lowest BCUT2D eigenvalue weighted by Crippen LogP contribution is -2.41. The van der Waals surface area contributed by atoms with Crippen molar-refractivity contribution in [3.63, 3.8) is 0 Å². The molecule has 1 aromatic heterocycles. The second-order valence-corrected chi connectivity index (χ2v) is 11.2. The molecule has 10 nitrogen and oxygen atoms in total. The third kappa shape index (κ3) is 8.84. The van der Waals surface area contributed by atoms with Gasteiger partial charge in [-0.2, -0.15) is 0 Å². The van der Waals surface area contributed by atoms with E-state index in [-0.39, 0.29) is 16.0 Å². The Morgan fingerprint density at radius 2 is 1.66 bits per heavy atom. The first kappa shape index (κ1) is 32.6. The fourth-order valence-corrected chi connectivity index (χ4v) is 5.71. The zero-order valence-electron chi connectivity index (χ0n) is 26.1. The molecule has 44 heavy (non-hydrogen) atoms. The number of nitrogens with zero attached hydrogens (tertiary/aromatic N) is 3. The molecule has 0 radical (unpaired) electrons. The Labute approximate surface area is 260 Å². The van der Waals surface area contributed by atoms with Crippen molar-refractivity contribution in [3.05, 3.63) is 87.7 Å². The van der Waals surface area contributed by atoms with E-state index in [2.05, 4.69) is 22.5 Å². The molecule has 3 aromatic rings. The highest BCUT2D eigenvalue weighted by atomic mass is 16.6. The summed E-state index contributed by atoms with van der Waals surface area (Å²) < 4.78 is 17.1. The van der Waals surface area contributed by atoms with Gasteiger partial charge < -0.3 is 24.8 Å². The van der Waals surface area contributed by atoms with Gasteiger partial charge in [-0.05, 0) is 61.1 Å². The number of non-ortho nitro benzene ring substituents is 1. The molecule has 10 heteroatoms. The molecular weight excluding hydrogens is 558 g/mol. The van der Waals surface area contributed by atoms with Crippen LogP contribution in [0.5, 0.6) is 17.2 Å². The van der Waals surface area contributed by atoms with Crippen molar-refractivity contribution in [1.82, 2.24) is 15.6 Å². The summed E-state index contributed by atoms with van der Waals surface area (Å²) in [7, 11) is 3.27. The Bertz CT molecular complexity index is 1330. The highest BCUT2D eigenvalue weighted by Gasteiger charge is 2.34. The number of methoxy groups -OCH3 is 2. The Morgan fingerprint density at radius 1 is 0.977 bits per heavy atom. The largest absolute Gasteiger partial charge is 0.493 e. The minimum atomic E-state index is -0.347.